The summed E-state index contributed by atoms with van der Waals surface area (Å²) in [6.45, 7) is 2.82. The van der Waals surface area contributed by atoms with Crippen LogP contribution in [0.25, 0.3) is 11.5 Å². The van der Waals surface area contributed by atoms with Crippen LogP contribution in [0.15, 0.2) is 27.4 Å². The monoisotopic (exact) mass is 232 g/mol. The van der Waals surface area contributed by atoms with Crippen molar-refractivity contribution < 1.29 is 8.83 Å². The Hall–Kier alpha value is -1.55. The zero-order valence-corrected chi connectivity index (χ0v) is 9.90. The van der Waals surface area contributed by atoms with Crippen LogP contribution in [0.2, 0.25) is 0 Å². The number of rotatable bonds is 5. The molecule has 2 aromatic heterocycles. The molecule has 1 aliphatic carbocycles. The van der Waals surface area contributed by atoms with Crippen LogP contribution in [0, 0.1) is 0 Å². The van der Waals surface area contributed by atoms with Gasteiger partial charge in [0.15, 0.2) is 17.9 Å². The Morgan fingerprint density at radius 3 is 3.00 bits per heavy atom. The fourth-order valence-electron chi connectivity index (χ4n) is 1.81. The highest BCUT2D eigenvalue weighted by atomic mass is 16.4. The van der Waals surface area contributed by atoms with Crippen molar-refractivity contribution >= 4 is 0 Å². The highest BCUT2D eigenvalue weighted by Crippen LogP contribution is 2.26. The molecule has 0 aromatic carbocycles. The molecule has 0 atom stereocenters. The molecule has 17 heavy (non-hydrogen) atoms. The highest BCUT2D eigenvalue weighted by Gasteiger charge is 2.22. The molecule has 0 spiro atoms. The maximum atomic E-state index is 5.68. The van der Waals surface area contributed by atoms with Crippen molar-refractivity contribution in [1.29, 1.82) is 0 Å². The first-order valence-electron chi connectivity index (χ1n) is 6.11. The third kappa shape index (κ3) is 2.26. The van der Waals surface area contributed by atoms with Crippen molar-refractivity contribution in [2.75, 3.05) is 0 Å². The maximum absolute atomic E-state index is 5.68. The molecule has 2 aromatic rings. The lowest BCUT2D eigenvalue weighted by atomic mass is 10.2. The van der Waals surface area contributed by atoms with E-state index in [0.29, 0.717) is 6.04 Å². The van der Waals surface area contributed by atoms with Crippen molar-refractivity contribution in [3.05, 3.63) is 30.0 Å². The van der Waals surface area contributed by atoms with Gasteiger partial charge in [0.25, 0.3) is 0 Å². The maximum Gasteiger partial charge on any atom is 0.194 e. The summed E-state index contributed by atoms with van der Waals surface area (Å²) in [5.74, 6) is 2.49. The number of oxazole rings is 1. The summed E-state index contributed by atoms with van der Waals surface area (Å²) in [4.78, 5) is 4.24. The van der Waals surface area contributed by atoms with Gasteiger partial charge in [0.1, 0.15) is 11.5 Å². The van der Waals surface area contributed by atoms with Crippen LogP contribution in [0.3, 0.4) is 0 Å². The van der Waals surface area contributed by atoms with Gasteiger partial charge in [0.05, 0.1) is 0 Å². The topological polar surface area (TPSA) is 51.2 Å². The van der Waals surface area contributed by atoms with Crippen molar-refractivity contribution in [3.63, 3.8) is 0 Å². The third-order valence-electron chi connectivity index (χ3n) is 3.01. The number of nitrogens with zero attached hydrogens (tertiary/aromatic N) is 1. The van der Waals surface area contributed by atoms with Gasteiger partial charge in [-0.1, -0.05) is 6.92 Å². The molecule has 1 saturated carbocycles. The Balaban J connectivity index is 1.78. The van der Waals surface area contributed by atoms with Crippen molar-refractivity contribution in [2.45, 2.75) is 38.8 Å². The summed E-state index contributed by atoms with van der Waals surface area (Å²) < 4.78 is 11.1. The van der Waals surface area contributed by atoms with E-state index in [1.54, 1.807) is 0 Å². The predicted molar refractivity (Wildman–Crippen MR) is 63.4 cm³/mol. The zero-order valence-electron chi connectivity index (χ0n) is 9.90. The Bertz CT molecular complexity index is 497. The first-order valence-corrected chi connectivity index (χ1v) is 6.11. The Kier molecular flexibility index (Phi) is 2.73. The van der Waals surface area contributed by atoms with E-state index in [2.05, 4.69) is 17.2 Å². The molecule has 1 fully saturated rings. The zero-order chi connectivity index (χ0) is 11.7. The van der Waals surface area contributed by atoms with E-state index in [9.17, 15) is 0 Å². The van der Waals surface area contributed by atoms with E-state index in [-0.39, 0.29) is 0 Å². The first-order chi connectivity index (χ1) is 8.36. The molecule has 90 valence electrons. The highest BCUT2D eigenvalue weighted by molar-refractivity contribution is 5.53. The van der Waals surface area contributed by atoms with Crippen LogP contribution in [0.4, 0.5) is 0 Å². The number of aromatic nitrogens is 1. The normalized spacial score (nSPS) is 15.4. The van der Waals surface area contributed by atoms with Crippen LogP contribution in [0.5, 0.6) is 0 Å². The van der Waals surface area contributed by atoms with E-state index >= 15 is 0 Å². The fourth-order valence-corrected chi connectivity index (χ4v) is 1.81. The molecule has 4 nitrogen and oxygen atoms in total. The van der Waals surface area contributed by atoms with E-state index < -0.39 is 0 Å². The van der Waals surface area contributed by atoms with E-state index in [1.807, 2.05) is 12.1 Å². The summed E-state index contributed by atoms with van der Waals surface area (Å²) >= 11 is 0. The number of nitrogens with one attached hydrogen (secondary N) is 1. The fraction of sp³-hybridized carbons (Fsp3) is 0.462. The second-order valence-electron chi connectivity index (χ2n) is 4.40. The molecule has 1 N–H and O–H groups in total. The van der Waals surface area contributed by atoms with Crippen molar-refractivity contribution in [1.82, 2.24) is 10.3 Å². The number of hydrogen-bond donors (Lipinski definition) is 1. The van der Waals surface area contributed by atoms with Crippen LogP contribution >= 0.6 is 0 Å². The molecule has 0 unspecified atom stereocenters. The molecule has 0 amide bonds. The number of hydrogen-bond acceptors (Lipinski definition) is 4. The Morgan fingerprint density at radius 1 is 1.41 bits per heavy atom. The average molecular weight is 232 g/mol. The minimum Gasteiger partial charge on any atom is -0.458 e. The summed E-state index contributed by atoms with van der Waals surface area (Å²) in [6.07, 6.45) is 4.92. The minimum atomic E-state index is 0.669. The van der Waals surface area contributed by atoms with Crippen LogP contribution in [-0.4, -0.2) is 11.0 Å². The van der Waals surface area contributed by atoms with Gasteiger partial charge in [0, 0.05) is 19.0 Å². The van der Waals surface area contributed by atoms with Gasteiger partial charge in [-0.2, -0.15) is 0 Å². The molecule has 0 radical (unpaired) electrons. The first kappa shape index (κ1) is 10.6. The van der Waals surface area contributed by atoms with Gasteiger partial charge in [-0.05, 0) is 25.0 Å². The standard InChI is InChI=1S/C13H16N2O2/c1-2-10-5-6-12(17-10)13-11(15-8-16-13)7-14-9-3-4-9/h5-6,8-9,14H,2-4,7H2,1H3. The molecular weight excluding hydrogens is 216 g/mol. The summed E-state index contributed by atoms with van der Waals surface area (Å²) in [7, 11) is 0. The summed E-state index contributed by atoms with van der Waals surface area (Å²) in [5.41, 5.74) is 0.925. The van der Waals surface area contributed by atoms with Gasteiger partial charge in [-0.25, -0.2) is 4.98 Å². The number of furan rings is 1. The number of aryl methyl sites for hydroxylation is 1. The molecule has 0 saturated heterocycles. The molecule has 4 heteroatoms. The van der Waals surface area contributed by atoms with Crippen LogP contribution in [-0.2, 0) is 13.0 Å². The lowest BCUT2D eigenvalue weighted by Gasteiger charge is -2.00. The van der Waals surface area contributed by atoms with E-state index in [4.69, 9.17) is 8.83 Å². The molecule has 0 bridgehead atoms. The van der Waals surface area contributed by atoms with Gasteiger partial charge in [-0.15, -0.1) is 0 Å². The van der Waals surface area contributed by atoms with Crippen molar-refractivity contribution in [3.8, 4) is 11.5 Å². The van der Waals surface area contributed by atoms with Crippen molar-refractivity contribution in [2.24, 2.45) is 0 Å². The molecule has 3 rings (SSSR count). The summed E-state index contributed by atoms with van der Waals surface area (Å²) in [6, 6.07) is 4.60. The predicted octanol–water partition coefficient (Wildman–Crippen LogP) is 2.75. The second-order valence-corrected chi connectivity index (χ2v) is 4.40. The Labute approximate surface area is 100 Å². The largest absolute Gasteiger partial charge is 0.458 e. The van der Waals surface area contributed by atoms with Gasteiger partial charge >= 0.3 is 0 Å². The molecule has 1 aliphatic rings. The van der Waals surface area contributed by atoms with E-state index in [0.717, 1.165) is 35.9 Å². The third-order valence-corrected chi connectivity index (χ3v) is 3.01. The van der Waals surface area contributed by atoms with Gasteiger partial charge < -0.3 is 14.2 Å². The molecule has 2 heterocycles. The van der Waals surface area contributed by atoms with Crippen LogP contribution < -0.4 is 5.32 Å². The van der Waals surface area contributed by atoms with Gasteiger partial charge in [-0.3, -0.25) is 0 Å². The molecule has 0 aliphatic heterocycles. The smallest absolute Gasteiger partial charge is 0.194 e. The summed E-state index contributed by atoms with van der Waals surface area (Å²) in [5, 5.41) is 3.43. The van der Waals surface area contributed by atoms with Crippen LogP contribution in [0.1, 0.15) is 31.2 Å². The SMILES string of the molecule is CCc1ccc(-c2ocnc2CNC2CC2)o1. The lowest BCUT2D eigenvalue weighted by molar-refractivity contribution is 0.492. The van der Waals surface area contributed by atoms with E-state index in [1.165, 1.54) is 19.2 Å². The Morgan fingerprint density at radius 2 is 2.29 bits per heavy atom. The van der Waals surface area contributed by atoms with Gasteiger partial charge in [0.2, 0.25) is 0 Å². The molecular formula is C13H16N2O2. The lowest BCUT2D eigenvalue weighted by Crippen LogP contribution is -2.15. The average Bonchev–Trinajstić information content (AvgIpc) is 2.89. The second kappa shape index (κ2) is 4.37. The minimum absolute atomic E-state index is 0.669. The quantitative estimate of drug-likeness (QED) is 0.861.